The standard InChI is InChI=1S/C14H18FNO4S/c15-10-3-9(6-16-11-1-2-11)4-12(5-10)20-14-8-21(18,19)7-13(14)17/h3-5,11,13-14,16-17H,1-2,6-8H2. The van der Waals surface area contributed by atoms with Crippen molar-refractivity contribution < 1.29 is 22.7 Å². The Balaban J connectivity index is 1.69. The monoisotopic (exact) mass is 315 g/mol. The number of sulfone groups is 1. The van der Waals surface area contributed by atoms with Gasteiger partial charge < -0.3 is 15.2 Å². The van der Waals surface area contributed by atoms with E-state index in [4.69, 9.17) is 4.74 Å². The van der Waals surface area contributed by atoms with Crippen LogP contribution in [-0.2, 0) is 16.4 Å². The molecule has 2 unspecified atom stereocenters. The van der Waals surface area contributed by atoms with E-state index in [1.807, 2.05) is 0 Å². The van der Waals surface area contributed by atoms with Gasteiger partial charge in [-0.3, -0.25) is 0 Å². The van der Waals surface area contributed by atoms with Crippen molar-refractivity contribution in [1.29, 1.82) is 0 Å². The molecule has 2 fully saturated rings. The number of rotatable bonds is 5. The first-order valence-electron chi connectivity index (χ1n) is 6.99. The van der Waals surface area contributed by atoms with Crippen LogP contribution in [-0.4, -0.2) is 43.3 Å². The van der Waals surface area contributed by atoms with E-state index in [-0.39, 0.29) is 17.3 Å². The van der Waals surface area contributed by atoms with Gasteiger partial charge in [0, 0.05) is 18.7 Å². The molecule has 5 nitrogen and oxygen atoms in total. The summed E-state index contributed by atoms with van der Waals surface area (Å²) in [4.78, 5) is 0. The summed E-state index contributed by atoms with van der Waals surface area (Å²) in [7, 11) is -3.28. The summed E-state index contributed by atoms with van der Waals surface area (Å²) < 4.78 is 41.9. The molecule has 1 aromatic rings. The Labute approximate surface area is 123 Å². The van der Waals surface area contributed by atoms with Gasteiger partial charge in [0.05, 0.1) is 11.5 Å². The second-order valence-electron chi connectivity index (χ2n) is 5.75. The van der Waals surface area contributed by atoms with Crippen LogP contribution in [0.3, 0.4) is 0 Å². The lowest BCUT2D eigenvalue weighted by Gasteiger charge is -2.16. The van der Waals surface area contributed by atoms with E-state index in [9.17, 15) is 17.9 Å². The zero-order valence-corrected chi connectivity index (χ0v) is 12.3. The van der Waals surface area contributed by atoms with Crippen molar-refractivity contribution in [3.63, 3.8) is 0 Å². The van der Waals surface area contributed by atoms with Gasteiger partial charge in [-0.2, -0.15) is 0 Å². The van der Waals surface area contributed by atoms with Gasteiger partial charge in [-0.05, 0) is 30.5 Å². The van der Waals surface area contributed by atoms with Crippen molar-refractivity contribution in [2.45, 2.75) is 37.6 Å². The Kier molecular flexibility index (Phi) is 3.90. The molecule has 1 aromatic carbocycles. The second kappa shape index (κ2) is 5.55. The van der Waals surface area contributed by atoms with Gasteiger partial charge in [-0.15, -0.1) is 0 Å². The SMILES string of the molecule is O=S1(=O)CC(O)C(Oc2cc(F)cc(CNC3CC3)c2)C1. The highest BCUT2D eigenvalue weighted by Crippen LogP contribution is 2.24. The van der Waals surface area contributed by atoms with Crippen LogP contribution < -0.4 is 10.1 Å². The number of aliphatic hydroxyl groups is 1. The molecule has 21 heavy (non-hydrogen) atoms. The average molecular weight is 315 g/mol. The van der Waals surface area contributed by atoms with Gasteiger partial charge in [0.25, 0.3) is 0 Å². The lowest BCUT2D eigenvalue weighted by atomic mass is 10.2. The molecule has 1 saturated carbocycles. The molecule has 0 radical (unpaired) electrons. The van der Waals surface area contributed by atoms with Crippen LogP contribution in [0.5, 0.6) is 5.75 Å². The van der Waals surface area contributed by atoms with Crippen LogP contribution >= 0.6 is 0 Å². The predicted octanol–water partition coefficient (Wildman–Crippen LogP) is 0.614. The topological polar surface area (TPSA) is 75.6 Å². The average Bonchev–Trinajstić information content (AvgIpc) is 3.14. The molecule has 1 saturated heterocycles. The fourth-order valence-corrected chi connectivity index (χ4v) is 4.09. The summed E-state index contributed by atoms with van der Waals surface area (Å²) >= 11 is 0. The van der Waals surface area contributed by atoms with Crippen molar-refractivity contribution in [3.8, 4) is 5.75 Å². The van der Waals surface area contributed by atoms with Crippen LogP contribution in [0.2, 0.25) is 0 Å². The van der Waals surface area contributed by atoms with E-state index in [0.717, 1.165) is 18.4 Å². The van der Waals surface area contributed by atoms with Crippen molar-refractivity contribution in [1.82, 2.24) is 5.32 Å². The molecule has 3 rings (SSSR count). The highest BCUT2D eigenvalue weighted by atomic mass is 32.2. The first-order chi connectivity index (χ1) is 9.91. The third-order valence-electron chi connectivity index (χ3n) is 3.66. The number of halogens is 1. The van der Waals surface area contributed by atoms with E-state index < -0.39 is 27.9 Å². The number of benzene rings is 1. The lowest BCUT2D eigenvalue weighted by molar-refractivity contribution is 0.0735. The van der Waals surface area contributed by atoms with Crippen molar-refractivity contribution in [3.05, 3.63) is 29.6 Å². The second-order valence-corrected chi connectivity index (χ2v) is 7.90. The Hall–Kier alpha value is -1.18. The first kappa shape index (κ1) is 14.7. The van der Waals surface area contributed by atoms with Crippen molar-refractivity contribution >= 4 is 9.84 Å². The maximum Gasteiger partial charge on any atom is 0.156 e. The predicted molar refractivity (Wildman–Crippen MR) is 75.3 cm³/mol. The minimum absolute atomic E-state index is 0.236. The third-order valence-corrected chi connectivity index (χ3v) is 5.35. The highest BCUT2D eigenvalue weighted by Gasteiger charge is 2.38. The summed E-state index contributed by atoms with van der Waals surface area (Å²) in [6.07, 6.45) is 0.391. The summed E-state index contributed by atoms with van der Waals surface area (Å²) in [5.41, 5.74) is 0.743. The normalized spacial score (nSPS) is 27.7. The van der Waals surface area contributed by atoms with Gasteiger partial charge in [0.15, 0.2) is 9.84 Å². The summed E-state index contributed by atoms with van der Waals surface area (Å²) in [6.45, 7) is 0.546. The van der Waals surface area contributed by atoms with Crippen LogP contribution in [0, 0.1) is 5.82 Å². The summed E-state index contributed by atoms with van der Waals surface area (Å²) in [6, 6.07) is 4.82. The van der Waals surface area contributed by atoms with Crippen LogP contribution in [0.25, 0.3) is 0 Å². The lowest BCUT2D eigenvalue weighted by Crippen LogP contribution is -2.29. The van der Waals surface area contributed by atoms with E-state index in [0.29, 0.717) is 12.6 Å². The van der Waals surface area contributed by atoms with Crippen molar-refractivity contribution in [2.24, 2.45) is 0 Å². The minimum Gasteiger partial charge on any atom is -0.487 e. The van der Waals surface area contributed by atoms with E-state index >= 15 is 0 Å². The van der Waals surface area contributed by atoms with Gasteiger partial charge in [-0.1, -0.05) is 0 Å². The zero-order valence-electron chi connectivity index (χ0n) is 11.5. The number of nitrogens with one attached hydrogen (secondary N) is 1. The fraction of sp³-hybridized carbons (Fsp3) is 0.571. The molecule has 0 amide bonds. The Morgan fingerprint density at radius 3 is 2.67 bits per heavy atom. The Morgan fingerprint density at radius 1 is 1.29 bits per heavy atom. The maximum absolute atomic E-state index is 13.6. The molecule has 116 valence electrons. The highest BCUT2D eigenvalue weighted by molar-refractivity contribution is 7.91. The fourth-order valence-electron chi connectivity index (χ4n) is 2.42. The van der Waals surface area contributed by atoms with E-state index in [2.05, 4.69) is 5.32 Å². The smallest absolute Gasteiger partial charge is 0.156 e. The molecule has 1 aliphatic heterocycles. The number of aliphatic hydroxyl groups excluding tert-OH is 1. The first-order valence-corrected chi connectivity index (χ1v) is 8.81. The molecule has 0 spiro atoms. The van der Waals surface area contributed by atoms with Gasteiger partial charge in [0.1, 0.15) is 23.8 Å². The van der Waals surface area contributed by atoms with E-state index in [1.54, 1.807) is 6.07 Å². The van der Waals surface area contributed by atoms with Crippen molar-refractivity contribution in [2.75, 3.05) is 11.5 Å². The largest absolute Gasteiger partial charge is 0.487 e. The third kappa shape index (κ3) is 3.93. The summed E-state index contributed by atoms with van der Waals surface area (Å²) in [5, 5.41) is 13.0. The molecule has 1 aliphatic carbocycles. The van der Waals surface area contributed by atoms with Gasteiger partial charge in [-0.25, -0.2) is 12.8 Å². The maximum atomic E-state index is 13.6. The number of hydrogen-bond acceptors (Lipinski definition) is 5. The number of hydrogen-bond donors (Lipinski definition) is 2. The van der Waals surface area contributed by atoms with Gasteiger partial charge in [0.2, 0.25) is 0 Å². The Bertz CT molecular complexity index is 630. The van der Waals surface area contributed by atoms with Crippen LogP contribution in [0.4, 0.5) is 4.39 Å². The molecule has 7 heteroatoms. The Morgan fingerprint density at radius 2 is 2.05 bits per heavy atom. The van der Waals surface area contributed by atoms with Crippen LogP contribution in [0.1, 0.15) is 18.4 Å². The minimum atomic E-state index is -3.28. The molecular weight excluding hydrogens is 297 g/mol. The molecule has 0 bridgehead atoms. The number of ether oxygens (including phenoxy) is 1. The molecule has 2 aliphatic rings. The molecule has 2 atom stereocenters. The molecular formula is C14H18FNO4S. The quantitative estimate of drug-likeness (QED) is 0.833. The van der Waals surface area contributed by atoms with Crippen LogP contribution in [0.15, 0.2) is 18.2 Å². The molecule has 0 aromatic heterocycles. The van der Waals surface area contributed by atoms with Gasteiger partial charge >= 0.3 is 0 Å². The summed E-state index contributed by atoms with van der Waals surface area (Å²) in [5.74, 6) is -0.720. The van der Waals surface area contributed by atoms with E-state index in [1.165, 1.54) is 12.1 Å². The molecule has 2 N–H and O–H groups in total. The molecule has 1 heterocycles. The zero-order chi connectivity index (χ0) is 15.0.